The Hall–Kier alpha value is -2.73. The maximum absolute atomic E-state index is 12.5. The van der Waals surface area contributed by atoms with Gasteiger partial charge >= 0.3 is 6.09 Å². The molecule has 31 heavy (non-hydrogen) atoms. The van der Waals surface area contributed by atoms with Gasteiger partial charge in [-0.25, -0.2) is 4.79 Å². The fourth-order valence-corrected chi connectivity index (χ4v) is 3.96. The van der Waals surface area contributed by atoms with E-state index in [-0.39, 0.29) is 12.2 Å². The van der Waals surface area contributed by atoms with Crippen molar-refractivity contribution in [3.8, 4) is 6.01 Å². The zero-order valence-electron chi connectivity index (χ0n) is 18.2. The average Bonchev–Trinajstić information content (AvgIpc) is 3.06. The Morgan fingerprint density at radius 2 is 1.90 bits per heavy atom. The topological polar surface area (TPSA) is 56.6 Å². The van der Waals surface area contributed by atoms with Crippen LogP contribution < -0.4 is 4.74 Å². The number of amides is 1. The summed E-state index contributed by atoms with van der Waals surface area (Å²) in [5.41, 5.74) is 2.33. The molecule has 1 aromatic heterocycles. The first-order valence-electron chi connectivity index (χ1n) is 10.6. The van der Waals surface area contributed by atoms with E-state index in [9.17, 15) is 4.79 Å². The largest absolute Gasteiger partial charge is 0.459 e. The monoisotopic (exact) mass is 441 g/mol. The van der Waals surface area contributed by atoms with Gasteiger partial charge in [0.1, 0.15) is 11.7 Å². The molecule has 0 aliphatic carbocycles. The van der Waals surface area contributed by atoms with Crippen LogP contribution in [-0.2, 0) is 11.3 Å². The molecule has 1 aliphatic rings. The van der Waals surface area contributed by atoms with Gasteiger partial charge < -0.3 is 14.4 Å². The van der Waals surface area contributed by atoms with Gasteiger partial charge in [-0.3, -0.25) is 4.57 Å². The molecule has 0 N–H and O–H groups in total. The van der Waals surface area contributed by atoms with Crippen LogP contribution in [0.3, 0.4) is 0 Å². The normalized spacial score (nSPS) is 17.0. The minimum atomic E-state index is -0.520. The summed E-state index contributed by atoms with van der Waals surface area (Å²) in [6, 6.07) is 16.3. The van der Waals surface area contributed by atoms with E-state index in [0.29, 0.717) is 30.7 Å². The van der Waals surface area contributed by atoms with Gasteiger partial charge in [0, 0.05) is 11.6 Å². The number of piperidine rings is 1. The molecule has 2 aromatic carbocycles. The molecule has 0 saturated carbocycles. The molecule has 1 saturated heterocycles. The van der Waals surface area contributed by atoms with Crippen molar-refractivity contribution in [1.29, 1.82) is 0 Å². The predicted molar refractivity (Wildman–Crippen MR) is 122 cm³/mol. The fourth-order valence-electron chi connectivity index (χ4n) is 3.77. The number of halogens is 1. The Kier molecular flexibility index (Phi) is 6.10. The minimum Gasteiger partial charge on any atom is -0.459 e. The quantitative estimate of drug-likeness (QED) is 0.535. The van der Waals surface area contributed by atoms with Crippen LogP contribution in [0.1, 0.15) is 39.2 Å². The van der Waals surface area contributed by atoms with E-state index in [2.05, 4.69) is 0 Å². The molecule has 164 valence electrons. The van der Waals surface area contributed by atoms with E-state index < -0.39 is 5.60 Å². The van der Waals surface area contributed by atoms with Gasteiger partial charge in [-0.15, -0.1) is 0 Å². The Balaban J connectivity index is 1.57. The molecule has 7 heteroatoms. The molecule has 1 amide bonds. The van der Waals surface area contributed by atoms with Crippen LogP contribution in [0.5, 0.6) is 6.01 Å². The first-order valence-corrected chi connectivity index (χ1v) is 11.0. The molecule has 1 fully saturated rings. The average molecular weight is 442 g/mol. The van der Waals surface area contributed by atoms with Gasteiger partial charge in [0.25, 0.3) is 6.01 Å². The van der Waals surface area contributed by atoms with E-state index in [0.717, 1.165) is 29.4 Å². The molecular formula is C24H28ClN3O3. The smallest absolute Gasteiger partial charge is 0.410 e. The van der Waals surface area contributed by atoms with Crippen molar-refractivity contribution in [3.63, 3.8) is 0 Å². The van der Waals surface area contributed by atoms with Crippen molar-refractivity contribution < 1.29 is 14.3 Å². The minimum absolute atomic E-state index is 0.150. The van der Waals surface area contributed by atoms with E-state index in [4.69, 9.17) is 26.1 Å². The van der Waals surface area contributed by atoms with Gasteiger partial charge in [-0.1, -0.05) is 41.9 Å². The Bertz CT molecular complexity index is 1070. The van der Waals surface area contributed by atoms with Gasteiger partial charge in [-0.05, 0) is 57.4 Å². The first-order chi connectivity index (χ1) is 14.8. The Morgan fingerprint density at radius 3 is 2.68 bits per heavy atom. The standard InChI is InChI=1S/C24H28ClN3O3/c1-24(2,3)31-23(29)27-14-8-10-18(16-27)30-22-26-20-12-6-7-13-21(20)28(22)15-17-9-4-5-11-19(17)25/h4-7,9,11-13,18H,8,10,14-16H2,1-3H3/t18-/m0/s1. The number of nitrogens with zero attached hydrogens (tertiary/aromatic N) is 3. The highest BCUT2D eigenvalue weighted by atomic mass is 35.5. The second-order valence-corrected chi connectivity index (χ2v) is 9.28. The third kappa shape index (κ3) is 5.13. The lowest BCUT2D eigenvalue weighted by Gasteiger charge is -2.34. The van der Waals surface area contributed by atoms with E-state index in [1.807, 2.05) is 73.9 Å². The number of hydrogen-bond donors (Lipinski definition) is 0. The van der Waals surface area contributed by atoms with E-state index in [1.54, 1.807) is 4.90 Å². The first kappa shape index (κ1) is 21.5. The summed E-state index contributed by atoms with van der Waals surface area (Å²) in [6.45, 7) is 7.33. The van der Waals surface area contributed by atoms with E-state index >= 15 is 0 Å². The fraction of sp³-hybridized carbons (Fsp3) is 0.417. The lowest BCUT2D eigenvalue weighted by Crippen LogP contribution is -2.46. The van der Waals surface area contributed by atoms with Crippen LogP contribution in [0, 0.1) is 0 Å². The summed E-state index contributed by atoms with van der Waals surface area (Å²) in [7, 11) is 0. The number of carbonyl (C=O) groups excluding carboxylic acids is 1. The number of para-hydroxylation sites is 2. The number of rotatable bonds is 4. The van der Waals surface area contributed by atoms with Crippen molar-refractivity contribution in [2.24, 2.45) is 0 Å². The lowest BCUT2D eigenvalue weighted by molar-refractivity contribution is 0.00626. The van der Waals surface area contributed by atoms with Crippen LogP contribution in [0.4, 0.5) is 4.79 Å². The van der Waals surface area contributed by atoms with Crippen LogP contribution in [0.2, 0.25) is 5.02 Å². The number of carbonyl (C=O) groups is 1. The molecule has 1 aliphatic heterocycles. The van der Waals surface area contributed by atoms with Crippen molar-refractivity contribution in [1.82, 2.24) is 14.5 Å². The maximum Gasteiger partial charge on any atom is 0.410 e. The third-order valence-corrected chi connectivity index (χ3v) is 5.58. The van der Waals surface area contributed by atoms with Crippen molar-refractivity contribution in [2.45, 2.75) is 51.9 Å². The highest BCUT2D eigenvalue weighted by molar-refractivity contribution is 6.31. The van der Waals surface area contributed by atoms with Gasteiger partial charge in [0.2, 0.25) is 0 Å². The molecule has 0 radical (unpaired) electrons. The van der Waals surface area contributed by atoms with Crippen LogP contribution in [-0.4, -0.2) is 45.3 Å². The molecular weight excluding hydrogens is 414 g/mol. The lowest BCUT2D eigenvalue weighted by atomic mass is 10.1. The number of benzene rings is 2. The number of likely N-dealkylation sites (tertiary alicyclic amines) is 1. The molecule has 1 atom stereocenters. The number of ether oxygens (including phenoxy) is 2. The summed E-state index contributed by atoms with van der Waals surface area (Å²) in [6.07, 6.45) is 1.26. The van der Waals surface area contributed by atoms with Crippen molar-refractivity contribution in [3.05, 3.63) is 59.1 Å². The Labute approximate surface area is 187 Å². The highest BCUT2D eigenvalue weighted by Gasteiger charge is 2.29. The number of aromatic nitrogens is 2. The van der Waals surface area contributed by atoms with Crippen LogP contribution >= 0.6 is 11.6 Å². The predicted octanol–water partition coefficient (Wildman–Crippen LogP) is 5.52. The SMILES string of the molecule is CC(C)(C)OC(=O)N1CCC[C@H](Oc2nc3ccccc3n2Cc2ccccc2Cl)C1. The highest BCUT2D eigenvalue weighted by Crippen LogP contribution is 2.27. The Morgan fingerprint density at radius 1 is 1.16 bits per heavy atom. The molecule has 2 heterocycles. The van der Waals surface area contributed by atoms with Gasteiger partial charge in [-0.2, -0.15) is 4.98 Å². The molecule has 6 nitrogen and oxygen atoms in total. The van der Waals surface area contributed by atoms with Crippen LogP contribution in [0.25, 0.3) is 11.0 Å². The van der Waals surface area contributed by atoms with E-state index in [1.165, 1.54) is 0 Å². The molecule has 0 unspecified atom stereocenters. The zero-order chi connectivity index (χ0) is 22.0. The summed E-state index contributed by atoms with van der Waals surface area (Å²) < 4.78 is 13.9. The maximum atomic E-state index is 12.5. The molecule has 3 aromatic rings. The molecule has 0 bridgehead atoms. The molecule has 4 rings (SSSR count). The summed E-state index contributed by atoms with van der Waals surface area (Å²) in [5, 5.41) is 0.708. The molecule has 0 spiro atoms. The second kappa shape index (κ2) is 8.79. The third-order valence-electron chi connectivity index (χ3n) is 5.21. The van der Waals surface area contributed by atoms with Crippen molar-refractivity contribution >= 4 is 28.7 Å². The summed E-state index contributed by atoms with van der Waals surface area (Å²) in [4.78, 5) is 19.0. The number of hydrogen-bond acceptors (Lipinski definition) is 4. The summed E-state index contributed by atoms with van der Waals surface area (Å²) in [5.74, 6) is 0. The second-order valence-electron chi connectivity index (χ2n) is 8.87. The summed E-state index contributed by atoms with van der Waals surface area (Å²) >= 11 is 6.41. The van der Waals surface area contributed by atoms with Gasteiger partial charge in [0.15, 0.2) is 0 Å². The van der Waals surface area contributed by atoms with Crippen LogP contribution in [0.15, 0.2) is 48.5 Å². The van der Waals surface area contributed by atoms with Crippen molar-refractivity contribution in [2.75, 3.05) is 13.1 Å². The number of imidazole rings is 1. The number of fused-ring (bicyclic) bond motifs is 1. The van der Waals surface area contributed by atoms with Gasteiger partial charge in [0.05, 0.1) is 24.1 Å². The zero-order valence-corrected chi connectivity index (χ0v) is 18.9.